The molecule has 0 N–H and O–H groups in total. The van der Waals surface area contributed by atoms with E-state index in [9.17, 15) is 14.4 Å². The first-order valence-electron chi connectivity index (χ1n) is 10.7. The van der Waals surface area contributed by atoms with Gasteiger partial charge in [0.2, 0.25) is 0 Å². The molecule has 0 bridgehead atoms. The fraction of sp³-hybridized carbons (Fsp3) is 0.240. The Bertz CT molecular complexity index is 1250. The highest BCUT2D eigenvalue weighted by molar-refractivity contribution is 8.18. The third-order valence-corrected chi connectivity index (χ3v) is 6.60. The van der Waals surface area contributed by atoms with Gasteiger partial charge in [0.1, 0.15) is 6.54 Å². The number of halogens is 1. The number of rotatable bonds is 8. The molecule has 1 fully saturated rings. The van der Waals surface area contributed by atoms with Crippen LogP contribution in [0.25, 0.3) is 17.0 Å². The minimum Gasteiger partial charge on any atom is -0.464 e. The molecular weight excluding hydrogens is 460 g/mol. The molecule has 1 aliphatic rings. The van der Waals surface area contributed by atoms with Crippen molar-refractivity contribution in [3.63, 3.8) is 0 Å². The summed E-state index contributed by atoms with van der Waals surface area (Å²) in [6.45, 7) is 2.46. The number of esters is 1. The molecule has 0 saturated carbocycles. The predicted octanol–water partition coefficient (Wildman–Crippen LogP) is 5.72. The summed E-state index contributed by atoms with van der Waals surface area (Å²) in [5, 5.41) is 1.16. The van der Waals surface area contributed by atoms with Crippen LogP contribution >= 0.6 is 23.4 Å². The van der Waals surface area contributed by atoms with Gasteiger partial charge in [0.15, 0.2) is 0 Å². The molecule has 0 aliphatic carbocycles. The molecule has 6 nitrogen and oxygen atoms in total. The molecule has 2 amide bonds. The van der Waals surface area contributed by atoms with Gasteiger partial charge in [-0.2, -0.15) is 0 Å². The molecular formula is C25H23ClN2O4S. The van der Waals surface area contributed by atoms with Crippen molar-refractivity contribution in [3.8, 4) is 0 Å². The number of ether oxygens (including phenoxy) is 1. The van der Waals surface area contributed by atoms with Gasteiger partial charge in [-0.1, -0.05) is 61.3 Å². The Morgan fingerprint density at radius 1 is 1.12 bits per heavy atom. The van der Waals surface area contributed by atoms with Crippen molar-refractivity contribution in [2.75, 3.05) is 13.2 Å². The van der Waals surface area contributed by atoms with Crippen LogP contribution in [0.1, 0.15) is 30.9 Å². The van der Waals surface area contributed by atoms with Gasteiger partial charge in [-0.05, 0) is 42.0 Å². The largest absolute Gasteiger partial charge is 0.464 e. The van der Waals surface area contributed by atoms with Gasteiger partial charge in [-0.15, -0.1) is 0 Å². The average Bonchev–Trinajstić information content (AvgIpc) is 3.28. The van der Waals surface area contributed by atoms with Crippen LogP contribution in [0.4, 0.5) is 4.79 Å². The van der Waals surface area contributed by atoms with Crippen molar-refractivity contribution in [2.45, 2.75) is 26.3 Å². The fourth-order valence-corrected chi connectivity index (χ4v) is 4.64. The fourth-order valence-electron chi connectivity index (χ4n) is 3.61. The average molecular weight is 483 g/mol. The third kappa shape index (κ3) is 5.15. The minimum absolute atomic E-state index is 0.280. The van der Waals surface area contributed by atoms with E-state index >= 15 is 0 Å². The lowest BCUT2D eigenvalue weighted by molar-refractivity contribution is -0.146. The second kappa shape index (κ2) is 10.3. The lowest BCUT2D eigenvalue weighted by Crippen LogP contribution is -2.34. The molecule has 0 atom stereocenters. The highest BCUT2D eigenvalue weighted by Crippen LogP contribution is 2.34. The number of thioether (sulfide) groups is 1. The summed E-state index contributed by atoms with van der Waals surface area (Å²) in [6.07, 6.45) is 5.28. The Hall–Kier alpha value is -3.03. The molecule has 33 heavy (non-hydrogen) atoms. The van der Waals surface area contributed by atoms with Gasteiger partial charge < -0.3 is 9.30 Å². The number of aromatic nitrogens is 1. The summed E-state index contributed by atoms with van der Waals surface area (Å²) in [6, 6.07) is 15.5. The number of unbranched alkanes of at least 4 members (excludes halogenated alkanes) is 1. The molecule has 1 aromatic heterocycles. The van der Waals surface area contributed by atoms with Crippen molar-refractivity contribution in [3.05, 3.63) is 75.8 Å². The standard InChI is InChI=1S/C25H23ClN2O4S/c1-2-3-12-32-23(29)16-28-24(30)22(33-25(28)31)13-18-15-27(21-11-7-5-9-19(18)21)14-17-8-4-6-10-20(17)26/h4-11,13,15H,2-3,12,14,16H2,1H3/b22-13+. The number of nitrogens with zero attached hydrogens (tertiary/aromatic N) is 2. The van der Waals surface area contributed by atoms with E-state index in [-0.39, 0.29) is 18.1 Å². The van der Waals surface area contributed by atoms with E-state index in [1.807, 2.05) is 61.7 Å². The number of hydrogen-bond acceptors (Lipinski definition) is 5. The number of hydrogen-bond donors (Lipinski definition) is 0. The van der Waals surface area contributed by atoms with Crippen molar-refractivity contribution in [1.82, 2.24) is 9.47 Å². The molecule has 0 unspecified atom stereocenters. The van der Waals surface area contributed by atoms with Crippen molar-refractivity contribution in [2.24, 2.45) is 0 Å². The Balaban J connectivity index is 1.59. The van der Waals surface area contributed by atoms with Crippen molar-refractivity contribution >= 4 is 57.5 Å². The van der Waals surface area contributed by atoms with E-state index < -0.39 is 17.1 Å². The summed E-state index contributed by atoms with van der Waals surface area (Å²) >= 11 is 7.18. The molecule has 3 aromatic rings. The molecule has 8 heteroatoms. The van der Waals surface area contributed by atoms with Gasteiger partial charge in [0.05, 0.1) is 11.5 Å². The Morgan fingerprint density at radius 3 is 2.67 bits per heavy atom. The van der Waals surface area contributed by atoms with Crippen LogP contribution in [0.15, 0.2) is 59.6 Å². The Morgan fingerprint density at radius 2 is 1.88 bits per heavy atom. The third-order valence-electron chi connectivity index (χ3n) is 5.33. The van der Waals surface area contributed by atoms with Gasteiger partial charge in [-0.3, -0.25) is 19.3 Å². The van der Waals surface area contributed by atoms with Crippen molar-refractivity contribution < 1.29 is 19.1 Å². The zero-order valence-electron chi connectivity index (χ0n) is 18.1. The van der Waals surface area contributed by atoms with Crippen molar-refractivity contribution in [1.29, 1.82) is 0 Å². The smallest absolute Gasteiger partial charge is 0.326 e. The number of amides is 2. The zero-order chi connectivity index (χ0) is 23.4. The van der Waals surface area contributed by atoms with Crippen LogP contribution in [0.3, 0.4) is 0 Å². The molecule has 170 valence electrons. The van der Waals surface area contributed by atoms with E-state index in [1.165, 1.54) is 0 Å². The Labute approximate surface area is 201 Å². The first-order chi connectivity index (χ1) is 16.0. The van der Waals surface area contributed by atoms with E-state index in [2.05, 4.69) is 4.57 Å². The van der Waals surface area contributed by atoms with Crippen LogP contribution < -0.4 is 0 Å². The summed E-state index contributed by atoms with van der Waals surface area (Å²) in [4.78, 5) is 38.5. The van der Waals surface area contributed by atoms with Crippen LogP contribution in [0, 0.1) is 0 Å². The molecule has 0 spiro atoms. The number of para-hydroxylation sites is 1. The summed E-state index contributed by atoms with van der Waals surface area (Å²) in [5.41, 5.74) is 2.78. The zero-order valence-corrected chi connectivity index (χ0v) is 19.7. The highest BCUT2D eigenvalue weighted by Gasteiger charge is 2.36. The monoisotopic (exact) mass is 482 g/mol. The summed E-state index contributed by atoms with van der Waals surface area (Å²) in [5.74, 6) is -1.07. The number of fused-ring (bicyclic) bond motifs is 1. The predicted molar refractivity (Wildman–Crippen MR) is 131 cm³/mol. The van der Waals surface area contributed by atoms with Crippen LogP contribution in [0.5, 0.6) is 0 Å². The second-order valence-corrected chi connectivity index (χ2v) is 9.06. The van der Waals surface area contributed by atoms with Crippen LogP contribution in [0.2, 0.25) is 5.02 Å². The highest BCUT2D eigenvalue weighted by atomic mass is 35.5. The maximum atomic E-state index is 12.8. The molecule has 2 aromatic carbocycles. The number of benzene rings is 2. The summed E-state index contributed by atoms with van der Waals surface area (Å²) in [7, 11) is 0. The SMILES string of the molecule is CCCCOC(=O)CN1C(=O)S/C(=C/c2cn(Cc3ccccc3Cl)c3ccccc23)C1=O. The molecule has 1 saturated heterocycles. The van der Waals surface area contributed by atoms with E-state index in [4.69, 9.17) is 16.3 Å². The topological polar surface area (TPSA) is 68.6 Å². The first kappa shape index (κ1) is 23.1. The lowest BCUT2D eigenvalue weighted by Gasteiger charge is -2.11. The minimum atomic E-state index is -0.580. The maximum absolute atomic E-state index is 12.8. The quantitative estimate of drug-likeness (QED) is 0.233. The number of carbonyl (C=O) groups excluding carboxylic acids is 3. The normalized spacial score (nSPS) is 15.1. The van der Waals surface area contributed by atoms with E-state index in [1.54, 1.807) is 6.08 Å². The molecule has 2 heterocycles. The second-order valence-electron chi connectivity index (χ2n) is 7.66. The Kier molecular flexibility index (Phi) is 7.20. The van der Waals surface area contributed by atoms with Crippen LogP contribution in [-0.2, 0) is 20.9 Å². The van der Waals surface area contributed by atoms with Gasteiger partial charge in [0.25, 0.3) is 11.1 Å². The molecule has 4 rings (SSSR count). The van der Waals surface area contributed by atoms with Gasteiger partial charge in [-0.25, -0.2) is 0 Å². The molecule has 1 aliphatic heterocycles. The maximum Gasteiger partial charge on any atom is 0.326 e. The van der Waals surface area contributed by atoms with Crippen LogP contribution in [-0.4, -0.2) is 39.7 Å². The lowest BCUT2D eigenvalue weighted by atomic mass is 10.1. The van der Waals surface area contributed by atoms with Gasteiger partial charge in [0, 0.05) is 34.2 Å². The summed E-state index contributed by atoms with van der Waals surface area (Å²) < 4.78 is 7.16. The number of imide groups is 1. The van der Waals surface area contributed by atoms with Gasteiger partial charge >= 0.3 is 5.97 Å². The van der Waals surface area contributed by atoms with E-state index in [0.717, 1.165) is 51.5 Å². The van der Waals surface area contributed by atoms with E-state index in [0.29, 0.717) is 11.6 Å². The molecule has 0 radical (unpaired) electrons. The first-order valence-corrected chi connectivity index (χ1v) is 11.9. The number of carbonyl (C=O) groups is 3.